The van der Waals surface area contributed by atoms with Crippen LogP contribution in [-0.4, -0.2) is 0 Å². The molecule has 0 unspecified atom stereocenters. The van der Waals surface area contributed by atoms with Gasteiger partial charge in [0, 0.05) is 12.2 Å². The molecule has 0 bridgehead atoms. The molecule has 0 atom stereocenters. The molecule has 0 aliphatic heterocycles. The summed E-state index contributed by atoms with van der Waals surface area (Å²) in [6.07, 6.45) is 0. The lowest BCUT2D eigenvalue weighted by atomic mass is 10.1. The largest absolute Gasteiger partial charge is 0.489 e. The SMILES string of the molecule is Cc1cccc(NCc2cccc(OCc3ccccc3)c2)c1C. The molecule has 1 N–H and O–H groups in total. The van der Waals surface area contributed by atoms with Crippen LogP contribution in [0.3, 0.4) is 0 Å². The lowest BCUT2D eigenvalue weighted by Gasteiger charge is -2.12. The van der Waals surface area contributed by atoms with Crippen LogP contribution in [0.15, 0.2) is 72.8 Å². The highest BCUT2D eigenvalue weighted by atomic mass is 16.5. The number of hydrogen-bond acceptors (Lipinski definition) is 2. The van der Waals surface area contributed by atoms with E-state index in [1.807, 2.05) is 30.3 Å². The molecule has 2 heteroatoms. The van der Waals surface area contributed by atoms with Crippen LogP contribution in [-0.2, 0) is 13.2 Å². The van der Waals surface area contributed by atoms with Crippen molar-refractivity contribution in [2.24, 2.45) is 0 Å². The van der Waals surface area contributed by atoms with Crippen molar-refractivity contribution in [3.05, 3.63) is 95.1 Å². The highest BCUT2D eigenvalue weighted by Gasteiger charge is 2.02. The molecule has 3 rings (SSSR count). The van der Waals surface area contributed by atoms with Crippen LogP contribution in [0.1, 0.15) is 22.3 Å². The summed E-state index contributed by atoms with van der Waals surface area (Å²) in [6.45, 7) is 5.66. The summed E-state index contributed by atoms with van der Waals surface area (Å²) in [5.41, 5.74) is 6.18. The summed E-state index contributed by atoms with van der Waals surface area (Å²) in [6, 6.07) is 24.8. The maximum absolute atomic E-state index is 5.90. The van der Waals surface area contributed by atoms with Gasteiger partial charge in [-0.2, -0.15) is 0 Å². The predicted molar refractivity (Wildman–Crippen MR) is 100 cm³/mol. The molecule has 0 aromatic heterocycles. The van der Waals surface area contributed by atoms with Crippen molar-refractivity contribution in [1.82, 2.24) is 0 Å². The number of anilines is 1. The summed E-state index contributed by atoms with van der Waals surface area (Å²) < 4.78 is 5.90. The van der Waals surface area contributed by atoms with Crippen LogP contribution in [0.5, 0.6) is 5.75 Å². The molecule has 0 heterocycles. The lowest BCUT2D eigenvalue weighted by Crippen LogP contribution is -2.02. The van der Waals surface area contributed by atoms with E-state index in [0.717, 1.165) is 12.3 Å². The standard InChI is InChI=1S/C22H23NO/c1-17-8-6-13-22(18(17)2)23-15-20-11-7-12-21(14-20)24-16-19-9-4-3-5-10-19/h3-14,23H,15-16H2,1-2H3. The Balaban J connectivity index is 1.62. The third kappa shape index (κ3) is 4.17. The third-order valence-electron chi connectivity index (χ3n) is 4.23. The highest BCUT2D eigenvalue weighted by molar-refractivity contribution is 5.54. The van der Waals surface area contributed by atoms with Gasteiger partial charge >= 0.3 is 0 Å². The van der Waals surface area contributed by atoms with Crippen LogP contribution in [0.2, 0.25) is 0 Å². The van der Waals surface area contributed by atoms with E-state index in [2.05, 4.69) is 61.6 Å². The van der Waals surface area contributed by atoms with Gasteiger partial charge in [0.15, 0.2) is 0 Å². The van der Waals surface area contributed by atoms with Gasteiger partial charge in [0.1, 0.15) is 12.4 Å². The first-order valence-corrected chi connectivity index (χ1v) is 8.28. The predicted octanol–water partition coefficient (Wildman–Crippen LogP) is 5.49. The summed E-state index contributed by atoms with van der Waals surface area (Å²) in [5.74, 6) is 0.902. The molecule has 3 aromatic rings. The molecule has 0 spiro atoms. The minimum Gasteiger partial charge on any atom is -0.489 e. The number of hydrogen-bond donors (Lipinski definition) is 1. The normalized spacial score (nSPS) is 10.4. The van der Waals surface area contributed by atoms with E-state index in [0.29, 0.717) is 6.61 Å². The molecule has 0 aliphatic carbocycles. The van der Waals surface area contributed by atoms with Crippen molar-refractivity contribution in [3.8, 4) is 5.75 Å². The smallest absolute Gasteiger partial charge is 0.120 e. The Morgan fingerprint density at radius 3 is 2.38 bits per heavy atom. The Labute approximate surface area is 144 Å². The van der Waals surface area contributed by atoms with E-state index in [9.17, 15) is 0 Å². The average molecular weight is 317 g/mol. The molecular weight excluding hydrogens is 294 g/mol. The first kappa shape index (κ1) is 16.1. The number of benzene rings is 3. The van der Waals surface area contributed by atoms with Crippen LogP contribution in [0.4, 0.5) is 5.69 Å². The third-order valence-corrected chi connectivity index (χ3v) is 4.23. The second-order valence-corrected chi connectivity index (χ2v) is 6.02. The molecule has 0 aliphatic rings. The maximum atomic E-state index is 5.90. The van der Waals surface area contributed by atoms with Gasteiger partial charge in [-0.3, -0.25) is 0 Å². The fraction of sp³-hybridized carbons (Fsp3) is 0.182. The van der Waals surface area contributed by atoms with E-state index in [4.69, 9.17) is 4.74 Å². The van der Waals surface area contributed by atoms with Gasteiger partial charge in [-0.25, -0.2) is 0 Å². The first-order chi connectivity index (χ1) is 11.7. The topological polar surface area (TPSA) is 21.3 Å². The zero-order valence-electron chi connectivity index (χ0n) is 14.3. The average Bonchev–Trinajstić information content (AvgIpc) is 2.62. The Kier molecular flexibility index (Phi) is 5.17. The zero-order valence-corrected chi connectivity index (χ0v) is 14.3. The fourth-order valence-electron chi connectivity index (χ4n) is 2.63. The van der Waals surface area contributed by atoms with Gasteiger partial charge in [-0.1, -0.05) is 54.6 Å². The van der Waals surface area contributed by atoms with Crippen molar-refractivity contribution in [3.63, 3.8) is 0 Å². The summed E-state index contributed by atoms with van der Waals surface area (Å²) in [5, 5.41) is 3.52. The summed E-state index contributed by atoms with van der Waals surface area (Å²) >= 11 is 0. The molecule has 122 valence electrons. The highest BCUT2D eigenvalue weighted by Crippen LogP contribution is 2.20. The number of ether oxygens (including phenoxy) is 1. The lowest BCUT2D eigenvalue weighted by molar-refractivity contribution is 0.306. The van der Waals surface area contributed by atoms with Gasteiger partial charge in [0.05, 0.1) is 0 Å². The monoisotopic (exact) mass is 317 g/mol. The number of aryl methyl sites for hydroxylation is 1. The van der Waals surface area contributed by atoms with Crippen molar-refractivity contribution < 1.29 is 4.74 Å². The van der Waals surface area contributed by atoms with E-state index >= 15 is 0 Å². The van der Waals surface area contributed by atoms with Crippen molar-refractivity contribution in [2.75, 3.05) is 5.32 Å². The Morgan fingerprint density at radius 1 is 0.792 bits per heavy atom. The van der Waals surface area contributed by atoms with Crippen molar-refractivity contribution in [1.29, 1.82) is 0 Å². The van der Waals surface area contributed by atoms with E-state index in [1.54, 1.807) is 0 Å². The van der Waals surface area contributed by atoms with Crippen LogP contribution in [0.25, 0.3) is 0 Å². The molecule has 0 fully saturated rings. The van der Waals surface area contributed by atoms with Crippen molar-refractivity contribution >= 4 is 5.69 Å². The van der Waals surface area contributed by atoms with Crippen LogP contribution < -0.4 is 10.1 Å². The van der Waals surface area contributed by atoms with E-state index in [1.165, 1.54) is 27.9 Å². The summed E-state index contributed by atoms with van der Waals surface area (Å²) in [4.78, 5) is 0. The van der Waals surface area contributed by atoms with Gasteiger partial charge in [-0.05, 0) is 54.3 Å². The Morgan fingerprint density at radius 2 is 1.54 bits per heavy atom. The zero-order chi connectivity index (χ0) is 16.8. The molecule has 24 heavy (non-hydrogen) atoms. The van der Waals surface area contributed by atoms with Gasteiger partial charge in [-0.15, -0.1) is 0 Å². The Hall–Kier alpha value is -2.74. The molecule has 2 nitrogen and oxygen atoms in total. The fourth-order valence-corrected chi connectivity index (χ4v) is 2.63. The van der Waals surface area contributed by atoms with Gasteiger partial charge in [0.2, 0.25) is 0 Å². The molecule has 0 saturated heterocycles. The number of nitrogens with one attached hydrogen (secondary N) is 1. The second kappa shape index (κ2) is 7.69. The van der Waals surface area contributed by atoms with E-state index < -0.39 is 0 Å². The van der Waals surface area contributed by atoms with Crippen LogP contribution in [0, 0.1) is 13.8 Å². The number of rotatable bonds is 6. The van der Waals surface area contributed by atoms with E-state index in [-0.39, 0.29) is 0 Å². The van der Waals surface area contributed by atoms with Gasteiger partial charge < -0.3 is 10.1 Å². The molecule has 0 amide bonds. The minimum atomic E-state index is 0.592. The molecular formula is C22H23NO. The minimum absolute atomic E-state index is 0.592. The second-order valence-electron chi connectivity index (χ2n) is 6.02. The quantitative estimate of drug-likeness (QED) is 0.648. The van der Waals surface area contributed by atoms with Crippen LogP contribution >= 0.6 is 0 Å². The van der Waals surface area contributed by atoms with Gasteiger partial charge in [0.25, 0.3) is 0 Å². The van der Waals surface area contributed by atoms with Crippen molar-refractivity contribution in [2.45, 2.75) is 27.0 Å². The Bertz CT molecular complexity index is 796. The maximum Gasteiger partial charge on any atom is 0.120 e. The molecule has 3 aromatic carbocycles. The summed E-state index contributed by atoms with van der Waals surface area (Å²) in [7, 11) is 0. The molecule has 0 saturated carbocycles. The molecule has 0 radical (unpaired) electrons. The first-order valence-electron chi connectivity index (χ1n) is 8.28.